The summed E-state index contributed by atoms with van der Waals surface area (Å²) in [6.45, 7) is 0. The number of aromatic nitrogens is 1. The topological polar surface area (TPSA) is 21.3 Å². The normalized spacial score (nSPS) is 13.5. The highest BCUT2D eigenvalue weighted by atomic mass is 16.3. The Balaban J connectivity index is 1.08. The molecule has 1 aliphatic carbocycles. The molecule has 0 radical (unpaired) electrons. The molecule has 0 bridgehead atoms. The number of nitrogens with zero attached hydrogens (tertiary/aromatic N) is 2. The molecule has 11 aromatic rings. The summed E-state index contributed by atoms with van der Waals surface area (Å²) < 4.78 is 8.96. The van der Waals surface area contributed by atoms with E-state index in [1.807, 2.05) is 0 Å². The van der Waals surface area contributed by atoms with Gasteiger partial charge < -0.3 is 13.9 Å². The molecular weight excluding hydrogens is 741 g/mol. The molecule has 292 valence electrons. The van der Waals surface area contributed by atoms with Crippen molar-refractivity contribution in [3.8, 4) is 27.9 Å². The third-order valence-electron chi connectivity index (χ3n) is 13.2. The first kappa shape index (κ1) is 35.6. The molecule has 0 unspecified atom stereocenters. The standard InChI is InChI=1S/C58H44N2O/c1-3-17-39(18-4-1)44-26-13-19-41-20-14-28-48(56(41)44)46-23-7-10-30-51(46)59(53-32-16-34-55-57(53)50-25-9-12-33-54(50)61-55)43-37-35-40(36-38-43)45-27-15-29-49-47-24-8-11-31-52(47)60(58(45)49)42-21-5-2-6-22-42/h2,5-16,19-39H,1,3-4,17-18H2. The average Bonchev–Trinajstić information content (AvgIpc) is 3.89. The van der Waals surface area contributed by atoms with Gasteiger partial charge in [-0.15, -0.1) is 0 Å². The highest BCUT2D eigenvalue weighted by molar-refractivity contribution is 6.15. The zero-order valence-corrected chi connectivity index (χ0v) is 34.0. The number of hydrogen-bond acceptors (Lipinski definition) is 2. The lowest BCUT2D eigenvalue weighted by atomic mass is 9.80. The van der Waals surface area contributed by atoms with E-state index in [1.165, 1.54) is 92.5 Å². The minimum absolute atomic E-state index is 0.575. The Hall–Kier alpha value is -7.36. The van der Waals surface area contributed by atoms with Crippen molar-refractivity contribution < 1.29 is 4.42 Å². The van der Waals surface area contributed by atoms with Crippen molar-refractivity contribution in [3.05, 3.63) is 206 Å². The third kappa shape index (κ3) is 5.87. The molecule has 0 N–H and O–H groups in total. The van der Waals surface area contributed by atoms with Gasteiger partial charge in [0, 0.05) is 38.7 Å². The van der Waals surface area contributed by atoms with Crippen molar-refractivity contribution in [3.63, 3.8) is 0 Å². The Labute approximate surface area is 355 Å². The first-order valence-electron chi connectivity index (χ1n) is 21.8. The molecule has 2 heterocycles. The maximum absolute atomic E-state index is 6.53. The average molecular weight is 785 g/mol. The summed E-state index contributed by atoms with van der Waals surface area (Å²) in [6, 6.07) is 73.2. The molecule has 0 spiro atoms. The van der Waals surface area contributed by atoms with Gasteiger partial charge in [-0.2, -0.15) is 0 Å². The van der Waals surface area contributed by atoms with Crippen LogP contribution in [0.25, 0.3) is 82.5 Å². The van der Waals surface area contributed by atoms with Crippen molar-refractivity contribution in [1.82, 2.24) is 4.57 Å². The molecular formula is C58H44N2O. The summed E-state index contributed by atoms with van der Waals surface area (Å²) >= 11 is 0. The lowest BCUT2D eigenvalue weighted by Crippen LogP contribution is -2.12. The first-order chi connectivity index (χ1) is 30.3. The highest BCUT2D eigenvalue weighted by Gasteiger charge is 2.25. The molecule has 3 heteroatoms. The number of furan rings is 1. The predicted octanol–water partition coefficient (Wildman–Crippen LogP) is 16.7. The van der Waals surface area contributed by atoms with Crippen molar-refractivity contribution >= 4 is 71.6 Å². The fourth-order valence-corrected chi connectivity index (χ4v) is 10.5. The molecule has 1 aliphatic rings. The van der Waals surface area contributed by atoms with Gasteiger partial charge in [0.15, 0.2) is 0 Å². The maximum atomic E-state index is 6.53. The second-order valence-corrected chi connectivity index (χ2v) is 16.6. The van der Waals surface area contributed by atoms with Crippen LogP contribution in [0, 0.1) is 0 Å². The number of para-hydroxylation sites is 5. The summed E-state index contributed by atoms with van der Waals surface area (Å²) in [5.41, 5.74) is 15.0. The summed E-state index contributed by atoms with van der Waals surface area (Å²) in [4.78, 5) is 2.47. The van der Waals surface area contributed by atoms with Gasteiger partial charge in [-0.05, 0) is 101 Å². The largest absolute Gasteiger partial charge is 0.456 e. The van der Waals surface area contributed by atoms with Gasteiger partial charge in [-0.3, -0.25) is 0 Å². The van der Waals surface area contributed by atoms with E-state index in [9.17, 15) is 0 Å². The van der Waals surface area contributed by atoms with Crippen molar-refractivity contribution in [2.75, 3.05) is 4.90 Å². The van der Waals surface area contributed by atoms with Crippen LogP contribution in [0.15, 0.2) is 205 Å². The number of fused-ring (bicyclic) bond motifs is 7. The van der Waals surface area contributed by atoms with Crippen LogP contribution in [0.1, 0.15) is 43.6 Å². The monoisotopic (exact) mass is 784 g/mol. The van der Waals surface area contributed by atoms with Crippen LogP contribution in [-0.2, 0) is 0 Å². The first-order valence-corrected chi connectivity index (χ1v) is 21.8. The van der Waals surface area contributed by atoms with Gasteiger partial charge in [0.2, 0.25) is 0 Å². The quantitative estimate of drug-likeness (QED) is 0.161. The molecule has 12 rings (SSSR count). The lowest BCUT2D eigenvalue weighted by molar-refractivity contribution is 0.445. The summed E-state index contributed by atoms with van der Waals surface area (Å²) in [5.74, 6) is 0.575. The van der Waals surface area contributed by atoms with Gasteiger partial charge in [0.1, 0.15) is 11.2 Å². The molecule has 0 aliphatic heterocycles. The molecule has 2 aromatic heterocycles. The Morgan fingerprint density at radius 3 is 1.95 bits per heavy atom. The Bertz CT molecular complexity index is 3400. The van der Waals surface area contributed by atoms with Crippen LogP contribution in [0.2, 0.25) is 0 Å². The maximum Gasteiger partial charge on any atom is 0.137 e. The Kier molecular flexibility index (Phi) is 8.59. The predicted molar refractivity (Wildman–Crippen MR) is 257 cm³/mol. The van der Waals surface area contributed by atoms with E-state index in [0.717, 1.165) is 44.7 Å². The zero-order chi connectivity index (χ0) is 40.3. The van der Waals surface area contributed by atoms with Crippen LogP contribution in [0.4, 0.5) is 17.1 Å². The van der Waals surface area contributed by atoms with E-state index in [2.05, 4.69) is 210 Å². The number of rotatable bonds is 7. The SMILES string of the molecule is c1ccc(-n2c3ccccc3c3cccc(-c4ccc(N(c5ccccc5-c5cccc6cccc(C7CCCCC7)c56)c5cccc6oc7ccccc7c56)cc4)c32)cc1. The molecule has 0 saturated heterocycles. The fraction of sp³-hybridized carbons (Fsp3) is 0.103. The van der Waals surface area contributed by atoms with Gasteiger partial charge >= 0.3 is 0 Å². The smallest absolute Gasteiger partial charge is 0.137 e. The second-order valence-electron chi connectivity index (χ2n) is 16.6. The summed E-state index contributed by atoms with van der Waals surface area (Å²) in [6.07, 6.45) is 6.45. The minimum Gasteiger partial charge on any atom is -0.456 e. The number of anilines is 3. The Morgan fingerprint density at radius 2 is 1.08 bits per heavy atom. The number of hydrogen-bond donors (Lipinski definition) is 0. The highest BCUT2D eigenvalue weighted by Crippen LogP contribution is 2.49. The molecule has 9 aromatic carbocycles. The van der Waals surface area contributed by atoms with Crippen molar-refractivity contribution in [2.45, 2.75) is 38.0 Å². The molecule has 0 atom stereocenters. The van der Waals surface area contributed by atoms with E-state index in [0.29, 0.717) is 5.92 Å². The molecule has 1 fully saturated rings. The van der Waals surface area contributed by atoms with Gasteiger partial charge in [0.25, 0.3) is 0 Å². The second kappa shape index (κ2) is 14.7. The zero-order valence-electron chi connectivity index (χ0n) is 34.0. The van der Waals surface area contributed by atoms with Gasteiger partial charge in [-0.1, -0.05) is 165 Å². The van der Waals surface area contributed by atoms with Gasteiger partial charge in [0.05, 0.1) is 27.8 Å². The van der Waals surface area contributed by atoms with E-state index >= 15 is 0 Å². The fourth-order valence-electron chi connectivity index (χ4n) is 10.5. The van der Waals surface area contributed by atoms with Crippen LogP contribution >= 0.6 is 0 Å². The molecule has 0 amide bonds. The van der Waals surface area contributed by atoms with Crippen LogP contribution in [0.3, 0.4) is 0 Å². The van der Waals surface area contributed by atoms with Crippen LogP contribution in [-0.4, -0.2) is 4.57 Å². The summed E-state index contributed by atoms with van der Waals surface area (Å²) in [5, 5.41) is 7.40. The van der Waals surface area contributed by atoms with E-state index in [4.69, 9.17) is 4.42 Å². The molecule has 61 heavy (non-hydrogen) atoms. The van der Waals surface area contributed by atoms with Crippen molar-refractivity contribution in [1.29, 1.82) is 0 Å². The van der Waals surface area contributed by atoms with Crippen LogP contribution in [0.5, 0.6) is 0 Å². The van der Waals surface area contributed by atoms with E-state index < -0.39 is 0 Å². The van der Waals surface area contributed by atoms with Crippen LogP contribution < -0.4 is 4.90 Å². The third-order valence-corrected chi connectivity index (χ3v) is 13.2. The summed E-state index contributed by atoms with van der Waals surface area (Å²) in [7, 11) is 0. The molecule has 3 nitrogen and oxygen atoms in total. The van der Waals surface area contributed by atoms with Gasteiger partial charge in [-0.25, -0.2) is 0 Å². The Morgan fingerprint density at radius 1 is 0.443 bits per heavy atom. The lowest BCUT2D eigenvalue weighted by Gasteiger charge is -2.29. The molecule has 1 saturated carbocycles. The van der Waals surface area contributed by atoms with E-state index in [1.54, 1.807) is 0 Å². The minimum atomic E-state index is 0.575. The van der Waals surface area contributed by atoms with E-state index in [-0.39, 0.29) is 0 Å². The van der Waals surface area contributed by atoms with Crippen molar-refractivity contribution in [2.24, 2.45) is 0 Å². The number of benzene rings is 9.